The highest BCUT2D eigenvalue weighted by molar-refractivity contribution is 6.32. The summed E-state index contributed by atoms with van der Waals surface area (Å²) in [4.78, 5) is 36.6. The van der Waals surface area contributed by atoms with E-state index < -0.39 is 11.3 Å². The number of aromatic amines is 2. The summed E-state index contributed by atoms with van der Waals surface area (Å²) in [6.45, 7) is 0. The Morgan fingerprint density at radius 1 is 0.875 bits per heavy atom. The molecule has 0 aliphatic heterocycles. The van der Waals surface area contributed by atoms with Crippen LogP contribution in [-0.2, 0) is 0 Å². The molecule has 0 amide bonds. The van der Waals surface area contributed by atoms with Crippen LogP contribution in [0.3, 0.4) is 0 Å². The molecule has 0 spiro atoms. The van der Waals surface area contributed by atoms with Crippen molar-refractivity contribution >= 4 is 57.0 Å². The number of aromatic nitrogens is 3. The molecule has 2 aromatic heterocycles. The van der Waals surface area contributed by atoms with Crippen molar-refractivity contribution in [2.75, 3.05) is 0 Å². The number of H-pyrrole nitrogens is 2. The molecule has 2 N–H and O–H groups in total. The van der Waals surface area contributed by atoms with Crippen molar-refractivity contribution in [2.45, 2.75) is 0 Å². The maximum absolute atomic E-state index is 13.2. The fourth-order valence-corrected chi connectivity index (χ4v) is 4.00. The van der Waals surface area contributed by atoms with Crippen LogP contribution in [0.2, 0.25) is 10.0 Å². The quantitative estimate of drug-likeness (QED) is 0.245. The highest BCUT2D eigenvalue weighted by Crippen LogP contribution is 2.32. The van der Waals surface area contributed by atoms with Gasteiger partial charge in [0, 0.05) is 26.5 Å². The van der Waals surface area contributed by atoms with Crippen LogP contribution < -0.4 is 5.56 Å². The number of benzene rings is 3. The van der Waals surface area contributed by atoms with Crippen LogP contribution in [0.5, 0.6) is 0 Å². The first-order valence-electron chi connectivity index (χ1n) is 9.78. The van der Waals surface area contributed by atoms with Crippen molar-refractivity contribution in [1.29, 1.82) is 0 Å². The summed E-state index contributed by atoms with van der Waals surface area (Å²) in [7, 11) is 0. The van der Waals surface area contributed by atoms with E-state index in [1.165, 1.54) is 6.08 Å². The number of hydrogen-bond donors (Lipinski definition) is 2. The van der Waals surface area contributed by atoms with Gasteiger partial charge in [-0.15, -0.1) is 0 Å². The highest BCUT2D eigenvalue weighted by atomic mass is 35.5. The van der Waals surface area contributed by atoms with E-state index in [1.54, 1.807) is 48.5 Å². The van der Waals surface area contributed by atoms with E-state index in [4.69, 9.17) is 23.2 Å². The molecule has 0 bridgehead atoms. The largest absolute Gasteiger partial charge is 0.338 e. The fourth-order valence-electron chi connectivity index (χ4n) is 3.71. The van der Waals surface area contributed by atoms with Crippen molar-refractivity contribution in [1.82, 2.24) is 15.0 Å². The first-order valence-corrected chi connectivity index (χ1v) is 10.5. The molecule has 5 aromatic rings. The van der Waals surface area contributed by atoms with E-state index in [1.807, 2.05) is 24.3 Å². The Morgan fingerprint density at radius 3 is 2.41 bits per heavy atom. The number of nitrogens with zero attached hydrogens (tertiary/aromatic N) is 1. The van der Waals surface area contributed by atoms with Gasteiger partial charge in [0.15, 0.2) is 5.78 Å². The van der Waals surface area contributed by atoms with Gasteiger partial charge in [-0.2, -0.15) is 0 Å². The normalized spacial score (nSPS) is 11.6. The zero-order valence-corrected chi connectivity index (χ0v) is 18.0. The summed E-state index contributed by atoms with van der Waals surface area (Å²) < 4.78 is 0. The molecule has 0 unspecified atom stereocenters. The minimum Gasteiger partial charge on any atom is -0.338 e. The average Bonchev–Trinajstić information content (AvgIpc) is 3.21. The number of carbonyl (C=O) groups is 1. The lowest BCUT2D eigenvalue weighted by Crippen LogP contribution is -2.18. The van der Waals surface area contributed by atoms with Crippen LogP contribution >= 0.6 is 23.2 Å². The Balaban J connectivity index is 1.67. The number of carbonyl (C=O) groups excluding carboxylic acids is 1. The lowest BCUT2D eigenvalue weighted by atomic mass is 9.94. The summed E-state index contributed by atoms with van der Waals surface area (Å²) in [5.74, 6) is 0.0754. The zero-order chi connectivity index (χ0) is 22.2. The molecule has 0 saturated carbocycles. The third-order valence-corrected chi connectivity index (χ3v) is 5.64. The number of nitrogens with one attached hydrogen (secondary N) is 2. The van der Waals surface area contributed by atoms with Gasteiger partial charge in [-0.1, -0.05) is 47.5 Å². The van der Waals surface area contributed by atoms with Gasteiger partial charge in [0.05, 0.1) is 16.6 Å². The molecule has 5 nitrogen and oxygen atoms in total. The van der Waals surface area contributed by atoms with E-state index in [-0.39, 0.29) is 5.56 Å². The SMILES string of the molecule is O=C(C=Cc1nc2ccccc2[nH]1)c1c(-c2ccc(Cl)cc2)c2cc(Cl)ccc2[nH]c1=O. The molecule has 0 aliphatic rings. The molecule has 3 aromatic carbocycles. The van der Waals surface area contributed by atoms with E-state index in [0.717, 1.165) is 11.0 Å². The van der Waals surface area contributed by atoms with Crippen molar-refractivity contribution in [3.63, 3.8) is 0 Å². The summed E-state index contributed by atoms with van der Waals surface area (Å²) in [5.41, 5.74) is 2.97. The second-order valence-corrected chi connectivity index (χ2v) is 8.11. The Kier molecular flexibility index (Phi) is 5.13. The molecule has 0 saturated heterocycles. The van der Waals surface area contributed by atoms with Crippen LogP contribution in [0.25, 0.3) is 39.1 Å². The Bertz CT molecular complexity index is 1550. The Labute approximate surface area is 192 Å². The second-order valence-electron chi connectivity index (χ2n) is 7.24. The minimum absolute atomic E-state index is 0.0226. The van der Waals surface area contributed by atoms with Gasteiger partial charge in [-0.05, 0) is 60.2 Å². The summed E-state index contributed by atoms with van der Waals surface area (Å²) in [6.07, 6.45) is 2.91. The standard InChI is InChI=1S/C25H15Cl2N3O2/c26-15-7-5-14(6-8-15)23-17-13-16(27)9-10-18(17)30-25(32)24(23)21(31)11-12-22-28-19-3-1-2-4-20(19)29-22/h1-13H,(H,28,29)(H,30,32). The maximum Gasteiger partial charge on any atom is 0.260 e. The average molecular weight is 460 g/mol. The second kappa shape index (κ2) is 8.11. The molecule has 5 rings (SSSR count). The predicted molar refractivity (Wildman–Crippen MR) is 129 cm³/mol. The van der Waals surface area contributed by atoms with Crippen molar-refractivity contribution < 1.29 is 4.79 Å². The van der Waals surface area contributed by atoms with Crippen molar-refractivity contribution in [3.8, 4) is 11.1 Å². The molecule has 156 valence electrons. The van der Waals surface area contributed by atoms with Crippen LogP contribution in [0, 0.1) is 0 Å². The van der Waals surface area contributed by atoms with Gasteiger partial charge < -0.3 is 9.97 Å². The molecule has 32 heavy (non-hydrogen) atoms. The number of halogens is 2. The Morgan fingerprint density at radius 2 is 1.62 bits per heavy atom. The summed E-state index contributed by atoms with van der Waals surface area (Å²) in [5, 5.41) is 1.72. The van der Waals surface area contributed by atoms with E-state index >= 15 is 0 Å². The smallest absolute Gasteiger partial charge is 0.260 e. The zero-order valence-electron chi connectivity index (χ0n) is 16.5. The summed E-state index contributed by atoms with van der Waals surface area (Å²) in [6, 6.07) is 19.7. The number of ketones is 1. The summed E-state index contributed by atoms with van der Waals surface area (Å²) >= 11 is 12.3. The number of allylic oxidation sites excluding steroid dienone is 1. The number of imidazole rings is 1. The lowest BCUT2D eigenvalue weighted by molar-refractivity contribution is 0.104. The number of fused-ring (bicyclic) bond motifs is 2. The highest BCUT2D eigenvalue weighted by Gasteiger charge is 2.19. The molecule has 0 aliphatic carbocycles. The molecular formula is C25H15Cl2N3O2. The van der Waals surface area contributed by atoms with Crippen LogP contribution in [0.1, 0.15) is 16.2 Å². The topological polar surface area (TPSA) is 78.6 Å². The van der Waals surface area contributed by atoms with Crippen molar-refractivity contribution in [3.05, 3.63) is 105 Å². The number of para-hydroxylation sites is 2. The number of hydrogen-bond acceptors (Lipinski definition) is 3. The third kappa shape index (κ3) is 3.73. The molecule has 0 atom stereocenters. The number of pyridine rings is 1. The van der Waals surface area contributed by atoms with Crippen LogP contribution in [0.15, 0.2) is 77.6 Å². The molecular weight excluding hydrogens is 445 g/mol. The third-order valence-electron chi connectivity index (χ3n) is 5.16. The molecule has 2 heterocycles. The Hall–Kier alpha value is -3.67. The van der Waals surface area contributed by atoms with Crippen LogP contribution in [-0.4, -0.2) is 20.7 Å². The number of rotatable bonds is 4. The van der Waals surface area contributed by atoms with Gasteiger partial charge in [0.2, 0.25) is 0 Å². The molecule has 0 fully saturated rings. The lowest BCUT2D eigenvalue weighted by Gasteiger charge is -2.12. The van der Waals surface area contributed by atoms with E-state index in [0.29, 0.717) is 37.9 Å². The molecule has 0 radical (unpaired) electrons. The molecule has 7 heteroatoms. The van der Waals surface area contributed by atoms with Crippen LogP contribution in [0.4, 0.5) is 0 Å². The first kappa shape index (κ1) is 20.2. The monoisotopic (exact) mass is 459 g/mol. The van der Waals surface area contributed by atoms with Gasteiger partial charge >= 0.3 is 0 Å². The van der Waals surface area contributed by atoms with Gasteiger partial charge in [-0.3, -0.25) is 9.59 Å². The maximum atomic E-state index is 13.2. The minimum atomic E-state index is -0.482. The fraction of sp³-hybridized carbons (Fsp3) is 0. The van der Waals surface area contributed by atoms with Gasteiger partial charge in [0.25, 0.3) is 5.56 Å². The first-order chi connectivity index (χ1) is 15.5. The van der Waals surface area contributed by atoms with Gasteiger partial charge in [-0.25, -0.2) is 4.98 Å². The van der Waals surface area contributed by atoms with E-state index in [9.17, 15) is 9.59 Å². The van der Waals surface area contributed by atoms with Gasteiger partial charge in [0.1, 0.15) is 5.82 Å². The predicted octanol–water partition coefficient (Wildman–Crippen LogP) is 6.27. The van der Waals surface area contributed by atoms with Crippen molar-refractivity contribution in [2.24, 2.45) is 0 Å². The van der Waals surface area contributed by atoms with E-state index in [2.05, 4.69) is 15.0 Å².